The third-order valence-corrected chi connectivity index (χ3v) is 4.33. The van der Waals surface area contributed by atoms with Crippen LogP contribution < -0.4 is 5.43 Å². The van der Waals surface area contributed by atoms with E-state index in [0.717, 1.165) is 17.0 Å². The molecule has 0 aliphatic rings. The van der Waals surface area contributed by atoms with Gasteiger partial charge < -0.3 is 0 Å². The van der Waals surface area contributed by atoms with Crippen molar-refractivity contribution in [2.24, 2.45) is 5.10 Å². The van der Waals surface area contributed by atoms with Gasteiger partial charge in [-0.1, -0.05) is 59.7 Å². The Morgan fingerprint density at radius 2 is 1.74 bits per heavy atom. The number of hydrazone groups is 1. The zero-order chi connectivity index (χ0) is 16.7. The molecule has 0 aliphatic carbocycles. The van der Waals surface area contributed by atoms with Gasteiger partial charge in [-0.05, 0) is 31.9 Å². The molecular weight excluding hydrogens is 304 g/mol. The van der Waals surface area contributed by atoms with Gasteiger partial charge in [-0.2, -0.15) is 5.10 Å². The number of benzene rings is 2. The molecule has 4 heteroatoms. The van der Waals surface area contributed by atoms with Gasteiger partial charge in [-0.25, -0.2) is 5.43 Å². The van der Waals surface area contributed by atoms with Crippen molar-refractivity contribution in [3.8, 4) is 0 Å². The Morgan fingerprint density at radius 3 is 2.39 bits per heavy atom. The van der Waals surface area contributed by atoms with Crippen molar-refractivity contribution in [2.45, 2.75) is 26.5 Å². The van der Waals surface area contributed by atoms with Crippen molar-refractivity contribution in [1.29, 1.82) is 0 Å². The van der Waals surface area contributed by atoms with Crippen molar-refractivity contribution in [1.82, 2.24) is 5.43 Å². The molecule has 120 valence electrons. The van der Waals surface area contributed by atoms with Gasteiger partial charge in [0.05, 0.1) is 11.5 Å². The van der Waals surface area contributed by atoms with Crippen LogP contribution in [0.2, 0.25) is 0 Å². The molecular formula is C19H22N2OS. The number of carbonyl (C=O) groups is 1. The molecule has 2 rings (SSSR count). The number of thioether (sulfide) groups is 1. The lowest BCUT2D eigenvalue weighted by atomic mass is 10.1. The Balaban J connectivity index is 1.79. The van der Waals surface area contributed by atoms with Crippen LogP contribution in [0.1, 0.15) is 29.2 Å². The van der Waals surface area contributed by atoms with E-state index < -0.39 is 0 Å². The molecule has 2 aromatic rings. The lowest BCUT2D eigenvalue weighted by Gasteiger charge is -2.05. The molecule has 0 bridgehead atoms. The van der Waals surface area contributed by atoms with Crippen LogP contribution in [-0.4, -0.2) is 17.4 Å². The molecule has 0 saturated carbocycles. The Labute approximate surface area is 142 Å². The Bertz CT molecular complexity index is 676. The minimum absolute atomic E-state index is 0.0744. The summed E-state index contributed by atoms with van der Waals surface area (Å²) in [7, 11) is 0. The number of amides is 1. The largest absolute Gasteiger partial charge is 0.272 e. The maximum absolute atomic E-state index is 11.9. The van der Waals surface area contributed by atoms with Crippen LogP contribution in [0.15, 0.2) is 53.6 Å². The highest BCUT2D eigenvalue weighted by Crippen LogP contribution is 2.15. The van der Waals surface area contributed by atoms with Gasteiger partial charge in [-0.15, -0.1) is 11.8 Å². The molecule has 0 radical (unpaired) electrons. The van der Waals surface area contributed by atoms with Crippen LogP contribution in [-0.2, 0) is 10.5 Å². The number of rotatable bonds is 6. The average Bonchev–Trinajstić information content (AvgIpc) is 2.52. The highest BCUT2D eigenvalue weighted by Gasteiger charge is 2.03. The first-order chi connectivity index (χ1) is 11.0. The maximum Gasteiger partial charge on any atom is 0.250 e. The van der Waals surface area contributed by atoms with Crippen molar-refractivity contribution in [2.75, 3.05) is 5.75 Å². The SMILES string of the molecule is C/C(=N/NC(=O)CSCc1cc(C)cc(C)c1)c1ccccc1. The van der Waals surface area contributed by atoms with Crippen LogP contribution in [0.5, 0.6) is 0 Å². The minimum Gasteiger partial charge on any atom is -0.272 e. The Kier molecular flexibility index (Phi) is 6.41. The number of aryl methyl sites for hydroxylation is 2. The van der Waals surface area contributed by atoms with Crippen LogP contribution in [0, 0.1) is 13.8 Å². The van der Waals surface area contributed by atoms with E-state index in [0.29, 0.717) is 5.75 Å². The van der Waals surface area contributed by atoms with E-state index in [1.807, 2.05) is 37.3 Å². The molecule has 0 spiro atoms. The fraction of sp³-hybridized carbons (Fsp3) is 0.263. The fourth-order valence-corrected chi connectivity index (χ4v) is 3.09. The number of nitrogens with zero attached hydrogens (tertiary/aromatic N) is 1. The second kappa shape index (κ2) is 8.53. The lowest BCUT2D eigenvalue weighted by molar-refractivity contribution is -0.118. The standard InChI is InChI=1S/C19H22N2OS/c1-14-9-15(2)11-17(10-14)12-23-13-19(22)21-20-16(3)18-7-5-4-6-8-18/h4-11H,12-13H2,1-3H3,(H,21,22)/b20-16-. The first-order valence-corrected chi connectivity index (χ1v) is 8.73. The van der Waals surface area contributed by atoms with Gasteiger partial charge in [0.2, 0.25) is 5.91 Å². The lowest BCUT2D eigenvalue weighted by Crippen LogP contribution is -2.21. The summed E-state index contributed by atoms with van der Waals surface area (Å²) in [5.41, 5.74) is 8.20. The highest BCUT2D eigenvalue weighted by atomic mass is 32.2. The molecule has 0 heterocycles. The van der Waals surface area contributed by atoms with E-state index in [1.165, 1.54) is 16.7 Å². The van der Waals surface area contributed by atoms with Crippen LogP contribution >= 0.6 is 11.8 Å². The third kappa shape index (κ3) is 5.91. The number of nitrogens with one attached hydrogen (secondary N) is 1. The van der Waals surface area contributed by atoms with Gasteiger partial charge in [0.1, 0.15) is 0 Å². The summed E-state index contributed by atoms with van der Waals surface area (Å²) in [4.78, 5) is 11.9. The summed E-state index contributed by atoms with van der Waals surface area (Å²) in [5.74, 6) is 1.16. The topological polar surface area (TPSA) is 41.5 Å². The number of hydrogen-bond acceptors (Lipinski definition) is 3. The Hall–Kier alpha value is -2.07. The third-order valence-electron chi connectivity index (χ3n) is 3.32. The van der Waals surface area contributed by atoms with Gasteiger partial charge in [-0.3, -0.25) is 4.79 Å². The molecule has 23 heavy (non-hydrogen) atoms. The highest BCUT2D eigenvalue weighted by molar-refractivity contribution is 7.99. The van der Waals surface area contributed by atoms with Crippen molar-refractivity contribution >= 4 is 23.4 Å². The normalized spacial score (nSPS) is 11.3. The maximum atomic E-state index is 11.9. The molecule has 2 aromatic carbocycles. The van der Waals surface area contributed by atoms with E-state index in [-0.39, 0.29) is 5.91 Å². The number of hydrogen-bond donors (Lipinski definition) is 1. The second-order valence-electron chi connectivity index (χ2n) is 5.59. The molecule has 0 fully saturated rings. The monoisotopic (exact) mass is 326 g/mol. The van der Waals surface area contributed by atoms with E-state index in [9.17, 15) is 4.79 Å². The van der Waals surface area contributed by atoms with E-state index in [4.69, 9.17) is 0 Å². The summed E-state index contributed by atoms with van der Waals surface area (Å²) in [6.07, 6.45) is 0. The average molecular weight is 326 g/mol. The fourth-order valence-electron chi connectivity index (χ4n) is 2.34. The minimum atomic E-state index is -0.0744. The molecule has 1 N–H and O–H groups in total. The Morgan fingerprint density at radius 1 is 1.09 bits per heavy atom. The van der Waals surface area contributed by atoms with Gasteiger partial charge in [0.15, 0.2) is 0 Å². The predicted molar refractivity (Wildman–Crippen MR) is 98.9 cm³/mol. The quantitative estimate of drug-likeness (QED) is 0.642. The van der Waals surface area contributed by atoms with Crippen LogP contribution in [0.3, 0.4) is 0 Å². The van der Waals surface area contributed by atoms with E-state index >= 15 is 0 Å². The van der Waals surface area contributed by atoms with Crippen molar-refractivity contribution in [3.05, 3.63) is 70.8 Å². The summed E-state index contributed by atoms with van der Waals surface area (Å²) in [6.45, 7) is 6.07. The van der Waals surface area contributed by atoms with E-state index in [2.05, 4.69) is 42.6 Å². The molecule has 0 aromatic heterocycles. The second-order valence-corrected chi connectivity index (χ2v) is 6.57. The predicted octanol–water partition coefficient (Wildman–Crippen LogP) is 4.08. The molecule has 3 nitrogen and oxygen atoms in total. The van der Waals surface area contributed by atoms with Crippen molar-refractivity contribution < 1.29 is 4.79 Å². The zero-order valence-corrected chi connectivity index (χ0v) is 14.6. The van der Waals surface area contributed by atoms with Gasteiger partial charge in [0, 0.05) is 5.75 Å². The first-order valence-electron chi connectivity index (χ1n) is 7.58. The zero-order valence-electron chi connectivity index (χ0n) is 13.8. The summed E-state index contributed by atoms with van der Waals surface area (Å²) in [5, 5.41) is 4.15. The summed E-state index contributed by atoms with van der Waals surface area (Å²) < 4.78 is 0. The molecule has 0 saturated heterocycles. The van der Waals surface area contributed by atoms with Gasteiger partial charge >= 0.3 is 0 Å². The van der Waals surface area contributed by atoms with Crippen LogP contribution in [0.25, 0.3) is 0 Å². The molecule has 0 aliphatic heterocycles. The number of carbonyl (C=O) groups excluding carboxylic acids is 1. The smallest absolute Gasteiger partial charge is 0.250 e. The first kappa shape index (κ1) is 17.3. The van der Waals surface area contributed by atoms with Crippen molar-refractivity contribution in [3.63, 3.8) is 0 Å². The van der Waals surface area contributed by atoms with E-state index in [1.54, 1.807) is 11.8 Å². The summed E-state index contributed by atoms with van der Waals surface area (Å²) >= 11 is 1.60. The molecule has 0 unspecified atom stereocenters. The van der Waals surface area contributed by atoms with Crippen LogP contribution in [0.4, 0.5) is 0 Å². The molecule has 1 amide bonds. The molecule has 0 atom stereocenters. The summed E-state index contributed by atoms with van der Waals surface area (Å²) in [6, 6.07) is 16.3. The van der Waals surface area contributed by atoms with Gasteiger partial charge in [0.25, 0.3) is 0 Å².